The summed E-state index contributed by atoms with van der Waals surface area (Å²) in [6.45, 7) is 4.38. The molecule has 0 saturated carbocycles. The lowest BCUT2D eigenvalue weighted by Gasteiger charge is -2.09. The van der Waals surface area contributed by atoms with Crippen LogP contribution in [0.1, 0.15) is 17.5 Å². The van der Waals surface area contributed by atoms with Crippen molar-refractivity contribution in [2.45, 2.75) is 32.0 Å². The van der Waals surface area contributed by atoms with Crippen LogP contribution in [0.25, 0.3) is 16.9 Å². The largest absolute Gasteiger partial charge is 0.332 e. The van der Waals surface area contributed by atoms with E-state index in [0.29, 0.717) is 35.0 Å². The quantitative estimate of drug-likeness (QED) is 0.337. The molecule has 0 unspecified atom stereocenters. The fourth-order valence-corrected chi connectivity index (χ4v) is 4.30. The summed E-state index contributed by atoms with van der Waals surface area (Å²) in [5.41, 5.74) is 3.31. The van der Waals surface area contributed by atoms with E-state index in [0.717, 1.165) is 16.8 Å². The molecule has 30 heavy (non-hydrogen) atoms. The predicted octanol–water partition coefficient (Wildman–Crippen LogP) is 1.21. The highest BCUT2D eigenvalue weighted by Crippen LogP contribution is 2.20. The van der Waals surface area contributed by atoms with Gasteiger partial charge in [-0.3, -0.25) is 13.9 Å². The number of thioether (sulfide) groups is 1. The number of nitrogens with zero attached hydrogens (tertiary/aromatic N) is 8. The Bertz CT molecular complexity index is 1330. The zero-order valence-electron chi connectivity index (χ0n) is 17.2. The first-order valence-corrected chi connectivity index (χ1v) is 10.5. The van der Waals surface area contributed by atoms with Crippen LogP contribution in [-0.2, 0) is 20.6 Å². The van der Waals surface area contributed by atoms with Gasteiger partial charge in [-0.1, -0.05) is 17.8 Å². The van der Waals surface area contributed by atoms with E-state index in [4.69, 9.17) is 0 Å². The van der Waals surface area contributed by atoms with Gasteiger partial charge < -0.3 is 4.57 Å². The molecule has 0 bridgehead atoms. The van der Waals surface area contributed by atoms with Gasteiger partial charge in [0.2, 0.25) is 5.16 Å². The van der Waals surface area contributed by atoms with Crippen LogP contribution in [0.4, 0.5) is 0 Å². The lowest BCUT2D eigenvalue weighted by molar-refractivity contribution is 0.594. The van der Waals surface area contributed by atoms with Crippen LogP contribution >= 0.6 is 11.8 Å². The molecule has 0 aliphatic rings. The second-order valence-electron chi connectivity index (χ2n) is 7.25. The van der Waals surface area contributed by atoms with E-state index in [1.165, 1.54) is 20.9 Å². The highest BCUT2D eigenvalue weighted by Gasteiger charge is 2.15. The molecule has 0 atom stereocenters. The first kappa shape index (κ1) is 20.1. The highest BCUT2D eigenvalue weighted by atomic mass is 32.2. The molecule has 0 saturated heterocycles. The molecule has 0 aliphatic heterocycles. The first-order valence-electron chi connectivity index (χ1n) is 9.47. The molecule has 11 heteroatoms. The van der Waals surface area contributed by atoms with Crippen LogP contribution in [0.3, 0.4) is 0 Å². The maximum absolute atomic E-state index is 12.8. The summed E-state index contributed by atoms with van der Waals surface area (Å²) in [4.78, 5) is 29.5. The van der Waals surface area contributed by atoms with Crippen LogP contribution < -0.4 is 11.2 Å². The molecule has 4 aromatic rings. The summed E-state index contributed by atoms with van der Waals surface area (Å²) in [7, 11) is 3.37. The van der Waals surface area contributed by atoms with Gasteiger partial charge in [-0.15, -0.1) is 5.10 Å². The molecule has 10 nitrogen and oxygen atoms in total. The van der Waals surface area contributed by atoms with Crippen molar-refractivity contribution in [3.8, 4) is 5.69 Å². The van der Waals surface area contributed by atoms with Gasteiger partial charge in [0, 0.05) is 26.4 Å². The number of tetrazole rings is 1. The van der Waals surface area contributed by atoms with Crippen molar-refractivity contribution < 1.29 is 0 Å². The van der Waals surface area contributed by atoms with E-state index in [1.54, 1.807) is 29.7 Å². The molecule has 4 rings (SSSR count). The van der Waals surface area contributed by atoms with Crippen LogP contribution in [0.2, 0.25) is 0 Å². The third-order valence-electron chi connectivity index (χ3n) is 4.85. The number of hydrogen-bond donors (Lipinski definition) is 0. The van der Waals surface area contributed by atoms with Gasteiger partial charge in [0.1, 0.15) is 0 Å². The van der Waals surface area contributed by atoms with Crippen LogP contribution in [0.5, 0.6) is 0 Å². The Morgan fingerprint density at radius 3 is 2.53 bits per heavy atom. The lowest BCUT2D eigenvalue weighted by atomic mass is 10.1. The summed E-state index contributed by atoms with van der Waals surface area (Å²) in [5, 5.41) is 12.7. The summed E-state index contributed by atoms with van der Waals surface area (Å²) < 4.78 is 6.01. The number of rotatable bonds is 6. The van der Waals surface area contributed by atoms with Gasteiger partial charge in [0.25, 0.3) is 5.56 Å². The molecule has 0 amide bonds. The molecule has 0 radical (unpaired) electrons. The number of fused-ring (bicyclic) bond motifs is 1. The highest BCUT2D eigenvalue weighted by molar-refractivity contribution is 7.99. The Balaban J connectivity index is 1.50. The van der Waals surface area contributed by atoms with Gasteiger partial charge in [0.15, 0.2) is 11.2 Å². The molecule has 0 N–H and O–H groups in total. The van der Waals surface area contributed by atoms with Crippen molar-refractivity contribution in [1.82, 2.24) is 38.9 Å². The third kappa shape index (κ3) is 3.56. The van der Waals surface area contributed by atoms with Gasteiger partial charge in [0.05, 0.1) is 12.0 Å². The maximum atomic E-state index is 12.8. The molecule has 1 aromatic carbocycles. The number of imidazole rings is 1. The topological polar surface area (TPSA) is 105 Å². The van der Waals surface area contributed by atoms with Crippen molar-refractivity contribution in [3.63, 3.8) is 0 Å². The molecule has 3 heterocycles. The minimum Gasteiger partial charge on any atom is -0.328 e. The van der Waals surface area contributed by atoms with E-state index in [-0.39, 0.29) is 11.2 Å². The second kappa shape index (κ2) is 7.90. The molecule has 156 valence electrons. The lowest BCUT2D eigenvalue weighted by Crippen LogP contribution is -2.39. The molecule has 0 aliphatic carbocycles. The molecular weight excluding hydrogens is 404 g/mol. The van der Waals surface area contributed by atoms with Crippen molar-refractivity contribution in [2.75, 3.05) is 5.75 Å². The Kier molecular flexibility index (Phi) is 5.29. The molecule has 3 aromatic heterocycles. The van der Waals surface area contributed by atoms with Gasteiger partial charge >= 0.3 is 5.69 Å². The minimum atomic E-state index is -0.365. The monoisotopic (exact) mass is 426 g/mol. The van der Waals surface area contributed by atoms with E-state index in [1.807, 2.05) is 26.0 Å². The smallest absolute Gasteiger partial charge is 0.328 e. The Morgan fingerprint density at radius 1 is 1.07 bits per heavy atom. The van der Waals surface area contributed by atoms with Gasteiger partial charge in [-0.2, -0.15) is 4.68 Å². The van der Waals surface area contributed by atoms with Crippen LogP contribution in [0, 0.1) is 13.8 Å². The average molecular weight is 427 g/mol. The Hall–Kier alpha value is -3.21. The summed E-state index contributed by atoms with van der Waals surface area (Å²) in [6, 6.07) is 6.15. The average Bonchev–Trinajstić information content (AvgIpc) is 3.31. The van der Waals surface area contributed by atoms with E-state index < -0.39 is 0 Å². The van der Waals surface area contributed by atoms with E-state index in [2.05, 4.69) is 26.6 Å². The SMILES string of the molecule is Cc1cc(C)cc(-n2nnnc2SCCCn2c(=O)c3c(ncn3C)n(C)c2=O)c1. The van der Waals surface area contributed by atoms with Crippen molar-refractivity contribution in [2.24, 2.45) is 14.1 Å². The number of aryl methyl sites for hydroxylation is 4. The second-order valence-corrected chi connectivity index (χ2v) is 8.31. The summed E-state index contributed by atoms with van der Waals surface area (Å²) in [5.74, 6) is 0.657. The fourth-order valence-electron chi connectivity index (χ4n) is 3.48. The maximum Gasteiger partial charge on any atom is 0.332 e. The minimum absolute atomic E-state index is 0.310. The van der Waals surface area contributed by atoms with E-state index in [9.17, 15) is 9.59 Å². The van der Waals surface area contributed by atoms with Crippen molar-refractivity contribution in [3.05, 3.63) is 56.5 Å². The number of hydrogen-bond acceptors (Lipinski definition) is 7. The standard InChI is InChI=1S/C19H22N8O2S/c1-12-8-13(2)10-14(9-12)27-18(21-22-23-27)30-7-5-6-26-17(28)15-16(20-11-24(15)3)25(4)19(26)29/h8-11H,5-7H2,1-4H3. The molecule has 0 spiro atoms. The van der Waals surface area contributed by atoms with Crippen LogP contribution in [0.15, 0.2) is 39.3 Å². The normalized spacial score (nSPS) is 11.5. The number of aromatic nitrogens is 8. The summed E-state index contributed by atoms with van der Waals surface area (Å²) in [6.07, 6.45) is 2.15. The zero-order chi connectivity index (χ0) is 21.4. The van der Waals surface area contributed by atoms with Crippen molar-refractivity contribution in [1.29, 1.82) is 0 Å². The van der Waals surface area contributed by atoms with E-state index >= 15 is 0 Å². The number of benzene rings is 1. The first-order chi connectivity index (χ1) is 14.4. The van der Waals surface area contributed by atoms with Crippen molar-refractivity contribution >= 4 is 22.9 Å². The Morgan fingerprint density at radius 2 is 1.80 bits per heavy atom. The van der Waals surface area contributed by atoms with Crippen LogP contribution in [-0.4, -0.2) is 44.6 Å². The van der Waals surface area contributed by atoms with Gasteiger partial charge in [-0.25, -0.2) is 9.78 Å². The molecular formula is C19H22N8O2S. The predicted molar refractivity (Wildman–Crippen MR) is 114 cm³/mol. The Labute approximate surface area is 176 Å². The fraction of sp³-hybridized carbons (Fsp3) is 0.368. The molecule has 0 fully saturated rings. The third-order valence-corrected chi connectivity index (χ3v) is 5.86. The zero-order valence-corrected chi connectivity index (χ0v) is 18.0. The van der Waals surface area contributed by atoms with Gasteiger partial charge in [-0.05, 0) is 54.0 Å². The summed E-state index contributed by atoms with van der Waals surface area (Å²) >= 11 is 1.49.